The molecular formula is C5H6ClNO. The van der Waals surface area contributed by atoms with E-state index in [0.29, 0.717) is 5.03 Å². The third-order valence-corrected chi connectivity index (χ3v) is 0.790. The molecule has 0 saturated carbocycles. The third-order valence-electron chi connectivity index (χ3n) is 0.619. The summed E-state index contributed by atoms with van der Waals surface area (Å²) in [5.41, 5.74) is 0. The van der Waals surface area contributed by atoms with Crippen LogP contribution in [-0.4, -0.2) is 7.11 Å². The van der Waals surface area contributed by atoms with Crippen LogP contribution in [0.1, 0.15) is 6.92 Å². The summed E-state index contributed by atoms with van der Waals surface area (Å²) < 4.78 is 4.55. The van der Waals surface area contributed by atoms with Crippen molar-refractivity contribution < 1.29 is 4.74 Å². The molecule has 0 saturated heterocycles. The van der Waals surface area contributed by atoms with Gasteiger partial charge in [-0.05, 0) is 6.92 Å². The molecule has 0 atom stereocenters. The molecule has 2 nitrogen and oxygen atoms in total. The van der Waals surface area contributed by atoms with Gasteiger partial charge in [0.1, 0.15) is 6.07 Å². The van der Waals surface area contributed by atoms with Crippen molar-refractivity contribution in [2.24, 2.45) is 0 Å². The molecule has 0 aromatic carbocycles. The van der Waals surface area contributed by atoms with E-state index in [1.807, 2.05) is 0 Å². The van der Waals surface area contributed by atoms with Crippen molar-refractivity contribution in [2.75, 3.05) is 7.11 Å². The van der Waals surface area contributed by atoms with E-state index in [9.17, 15) is 0 Å². The maximum Gasteiger partial charge on any atom is 0.211 e. The van der Waals surface area contributed by atoms with Crippen LogP contribution in [0.25, 0.3) is 0 Å². The molecule has 0 rings (SSSR count). The topological polar surface area (TPSA) is 33.0 Å². The van der Waals surface area contributed by atoms with Gasteiger partial charge in [-0.15, -0.1) is 0 Å². The fraction of sp³-hybridized carbons (Fsp3) is 0.400. The van der Waals surface area contributed by atoms with Crippen LogP contribution in [0.2, 0.25) is 0 Å². The third kappa shape index (κ3) is 1.85. The molecule has 8 heavy (non-hydrogen) atoms. The van der Waals surface area contributed by atoms with E-state index in [2.05, 4.69) is 4.74 Å². The summed E-state index contributed by atoms with van der Waals surface area (Å²) in [7, 11) is 1.41. The summed E-state index contributed by atoms with van der Waals surface area (Å²) in [5.74, 6) is 0.173. The summed E-state index contributed by atoms with van der Waals surface area (Å²) in [6.45, 7) is 1.60. The molecule has 0 spiro atoms. The number of nitrogens with zero attached hydrogens (tertiary/aromatic N) is 1. The van der Waals surface area contributed by atoms with Crippen molar-refractivity contribution in [3.63, 3.8) is 0 Å². The Bertz CT molecular complexity index is 141. The maximum absolute atomic E-state index is 8.18. The standard InChI is InChI=1S/C5H6ClNO/c1-4(6)5(3-7)8-2/h1-2H3. The van der Waals surface area contributed by atoms with E-state index in [4.69, 9.17) is 16.9 Å². The highest BCUT2D eigenvalue weighted by Crippen LogP contribution is 2.06. The summed E-state index contributed by atoms with van der Waals surface area (Å²) in [6, 6.07) is 1.78. The van der Waals surface area contributed by atoms with E-state index < -0.39 is 0 Å². The smallest absolute Gasteiger partial charge is 0.211 e. The van der Waals surface area contributed by atoms with Crippen LogP contribution >= 0.6 is 11.6 Å². The van der Waals surface area contributed by atoms with Crippen molar-refractivity contribution >= 4 is 11.6 Å². The molecule has 0 fully saturated rings. The highest BCUT2D eigenvalue weighted by atomic mass is 35.5. The van der Waals surface area contributed by atoms with Gasteiger partial charge in [0.05, 0.1) is 12.1 Å². The molecule has 0 heterocycles. The highest BCUT2D eigenvalue weighted by Gasteiger charge is 1.94. The Morgan fingerprint density at radius 2 is 2.25 bits per heavy atom. The first-order chi connectivity index (χ1) is 3.72. The van der Waals surface area contributed by atoms with E-state index >= 15 is 0 Å². The zero-order chi connectivity index (χ0) is 6.57. The van der Waals surface area contributed by atoms with Gasteiger partial charge < -0.3 is 4.74 Å². The van der Waals surface area contributed by atoms with E-state index in [-0.39, 0.29) is 5.76 Å². The lowest BCUT2D eigenvalue weighted by molar-refractivity contribution is 0.308. The lowest BCUT2D eigenvalue weighted by atomic mass is 10.5. The molecule has 0 aromatic heterocycles. The molecule has 3 heteroatoms. The molecule has 44 valence electrons. The van der Waals surface area contributed by atoms with Gasteiger partial charge in [0.25, 0.3) is 0 Å². The van der Waals surface area contributed by atoms with Gasteiger partial charge in [-0.1, -0.05) is 11.6 Å². The number of ether oxygens (including phenoxy) is 1. The van der Waals surface area contributed by atoms with Crippen LogP contribution in [0.5, 0.6) is 0 Å². The van der Waals surface area contributed by atoms with Crippen molar-refractivity contribution in [2.45, 2.75) is 6.92 Å². The molecule has 0 aromatic rings. The van der Waals surface area contributed by atoms with Gasteiger partial charge in [0.2, 0.25) is 5.76 Å². The second-order valence-corrected chi connectivity index (χ2v) is 1.75. The normalized spacial score (nSPS) is 11.8. The van der Waals surface area contributed by atoms with Gasteiger partial charge in [0.15, 0.2) is 0 Å². The van der Waals surface area contributed by atoms with E-state index in [0.717, 1.165) is 0 Å². The first-order valence-electron chi connectivity index (χ1n) is 2.02. The van der Waals surface area contributed by atoms with Crippen molar-refractivity contribution in [1.29, 1.82) is 5.26 Å². The Labute approximate surface area is 53.3 Å². The van der Waals surface area contributed by atoms with Crippen LogP contribution in [0.4, 0.5) is 0 Å². The molecule has 0 amide bonds. The molecule has 0 unspecified atom stereocenters. The first-order valence-corrected chi connectivity index (χ1v) is 2.40. The molecule has 0 aliphatic carbocycles. The Morgan fingerprint density at radius 1 is 1.75 bits per heavy atom. The molecule has 0 aliphatic heterocycles. The number of rotatable bonds is 1. The quantitative estimate of drug-likeness (QED) is 0.400. The molecule has 0 radical (unpaired) electrons. The SMILES string of the molecule is COC(C#N)=C(C)Cl. The second kappa shape index (κ2) is 3.34. The number of allylic oxidation sites excluding steroid dienone is 2. The summed E-state index contributed by atoms with van der Waals surface area (Å²) in [5, 5.41) is 8.56. The predicted molar refractivity (Wildman–Crippen MR) is 31.2 cm³/mol. The number of hydrogen-bond acceptors (Lipinski definition) is 2. The molecule has 0 aliphatic rings. The van der Waals surface area contributed by atoms with Crippen LogP contribution in [0, 0.1) is 11.3 Å². The largest absolute Gasteiger partial charge is 0.486 e. The molecule has 0 N–H and O–H groups in total. The fourth-order valence-corrected chi connectivity index (χ4v) is 0.383. The van der Waals surface area contributed by atoms with E-state index in [1.165, 1.54) is 7.11 Å². The average Bonchev–Trinajstić information content (AvgIpc) is 1.69. The Balaban J connectivity index is 4.15. The summed E-state index contributed by atoms with van der Waals surface area (Å²) in [6.07, 6.45) is 0. The fourth-order valence-electron chi connectivity index (χ4n) is 0.263. The lowest BCUT2D eigenvalue weighted by Crippen LogP contribution is -1.81. The van der Waals surface area contributed by atoms with Crippen LogP contribution < -0.4 is 0 Å². The van der Waals surface area contributed by atoms with Gasteiger partial charge in [-0.2, -0.15) is 5.26 Å². The zero-order valence-electron chi connectivity index (χ0n) is 4.73. The molecule has 0 bridgehead atoms. The zero-order valence-corrected chi connectivity index (χ0v) is 5.49. The first kappa shape index (κ1) is 7.32. The van der Waals surface area contributed by atoms with Crippen LogP contribution in [-0.2, 0) is 4.74 Å². The lowest BCUT2D eigenvalue weighted by Gasteiger charge is -1.93. The van der Waals surface area contributed by atoms with Gasteiger partial charge in [0, 0.05) is 0 Å². The van der Waals surface area contributed by atoms with Crippen molar-refractivity contribution in [1.82, 2.24) is 0 Å². The Morgan fingerprint density at radius 3 is 2.25 bits per heavy atom. The van der Waals surface area contributed by atoms with Crippen molar-refractivity contribution in [3.8, 4) is 6.07 Å². The highest BCUT2D eigenvalue weighted by molar-refractivity contribution is 6.29. The maximum atomic E-state index is 8.18. The Hall–Kier alpha value is -0.680. The Kier molecular flexibility index (Phi) is 3.05. The number of hydrogen-bond donors (Lipinski definition) is 0. The van der Waals surface area contributed by atoms with Gasteiger partial charge in [-0.3, -0.25) is 0 Å². The second-order valence-electron chi connectivity index (χ2n) is 1.18. The monoisotopic (exact) mass is 131 g/mol. The summed E-state index contributed by atoms with van der Waals surface area (Å²) >= 11 is 5.38. The number of methoxy groups -OCH3 is 1. The van der Waals surface area contributed by atoms with Gasteiger partial charge >= 0.3 is 0 Å². The summed E-state index contributed by atoms with van der Waals surface area (Å²) in [4.78, 5) is 0. The minimum absolute atomic E-state index is 0.173. The average molecular weight is 132 g/mol. The minimum atomic E-state index is 0.173. The predicted octanol–water partition coefficient (Wildman–Crippen LogP) is 1.63. The van der Waals surface area contributed by atoms with Crippen LogP contribution in [0.3, 0.4) is 0 Å². The number of nitriles is 1. The van der Waals surface area contributed by atoms with Crippen molar-refractivity contribution in [3.05, 3.63) is 10.8 Å². The number of halogens is 1. The minimum Gasteiger partial charge on any atom is -0.486 e. The molecular weight excluding hydrogens is 126 g/mol. The van der Waals surface area contributed by atoms with E-state index in [1.54, 1.807) is 13.0 Å². The van der Waals surface area contributed by atoms with Crippen LogP contribution in [0.15, 0.2) is 10.8 Å². The van der Waals surface area contributed by atoms with Gasteiger partial charge in [-0.25, -0.2) is 0 Å².